The highest BCUT2D eigenvalue weighted by molar-refractivity contribution is 8.26. The number of methoxy groups -OCH3 is 1. The lowest BCUT2D eigenvalue weighted by Gasteiger charge is -2.36. The molecule has 4 rings (SSSR count). The molecule has 1 aromatic carbocycles. The Bertz CT molecular complexity index is 965. The Morgan fingerprint density at radius 2 is 1.93 bits per heavy atom. The Hall–Kier alpha value is -2.78. The summed E-state index contributed by atoms with van der Waals surface area (Å²) in [6, 6.07) is 11.4. The molecule has 0 bridgehead atoms. The minimum Gasteiger partial charge on any atom is -0.497 e. The summed E-state index contributed by atoms with van der Waals surface area (Å²) in [5.41, 5.74) is 1.10. The zero-order valence-electron chi connectivity index (χ0n) is 16.4. The molecule has 0 radical (unpaired) electrons. The molecule has 1 aromatic heterocycles. The highest BCUT2D eigenvalue weighted by atomic mass is 32.2. The summed E-state index contributed by atoms with van der Waals surface area (Å²) >= 11 is 6.51. The van der Waals surface area contributed by atoms with Crippen molar-refractivity contribution in [3.05, 3.63) is 53.3 Å². The van der Waals surface area contributed by atoms with E-state index in [0.717, 1.165) is 24.5 Å². The van der Waals surface area contributed by atoms with Crippen LogP contribution in [-0.2, 0) is 9.59 Å². The maximum Gasteiger partial charge on any atom is 0.266 e. The summed E-state index contributed by atoms with van der Waals surface area (Å²) in [6.45, 7) is 2.62. The van der Waals surface area contributed by atoms with E-state index < -0.39 is 0 Å². The van der Waals surface area contributed by atoms with Gasteiger partial charge in [-0.2, -0.15) is 0 Å². The van der Waals surface area contributed by atoms with Gasteiger partial charge in [-0.25, -0.2) is 0 Å². The topological polar surface area (TPSA) is 66.2 Å². The lowest BCUT2D eigenvalue weighted by molar-refractivity contribution is -0.135. The maximum atomic E-state index is 12.8. The molecule has 0 unspecified atom stereocenters. The molecule has 0 atom stereocenters. The molecule has 9 heteroatoms. The fraction of sp³-hybridized carbons (Fsp3) is 0.286. The maximum absolute atomic E-state index is 12.8. The van der Waals surface area contributed by atoms with E-state index in [4.69, 9.17) is 21.4 Å². The average Bonchev–Trinajstić information content (AvgIpc) is 3.38. The molecule has 0 aliphatic carbocycles. The van der Waals surface area contributed by atoms with Crippen LogP contribution < -0.4 is 9.64 Å². The van der Waals surface area contributed by atoms with Crippen LogP contribution in [0, 0.1) is 0 Å². The average molecular weight is 444 g/mol. The molecule has 156 valence electrons. The van der Waals surface area contributed by atoms with Crippen LogP contribution >= 0.6 is 24.0 Å². The highest BCUT2D eigenvalue weighted by Gasteiger charge is 2.35. The van der Waals surface area contributed by atoms with Crippen LogP contribution in [0.2, 0.25) is 0 Å². The summed E-state index contributed by atoms with van der Waals surface area (Å²) in [5.74, 6) is 1.04. The van der Waals surface area contributed by atoms with Gasteiger partial charge in [0.15, 0.2) is 0 Å². The van der Waals surface area contributed by atoms with E-state index in [9.17, 15) is 9.59 Å². The number of benzene rings is 1. The number of hydrogen-bond acceptors (Lipinski definition) is 7. The van der Waals surface area contributed by atoms with E-state index in [1.807, 2.05) is 24.3 Å². The van der Waals surface area contributed by atoms with E-state index in [1.165, 1.54) is 16.7 Å². The number of nitrogens with zero attached hydrogens (tertiary/aromatic N) is 3. The zero-order valence-corrected chi connectivity index (χ0v) is 18.1. The highest BCUT2D eigenvalue weighted by Crippen LogP contribution is 2.32. The molecular formula is C21H21N3O4S2. The van der Waals surface area contributed by atoms with Gasteiger partial charge in [-0.15, -0.1) is 0 Å². The lowest BCUT2D eigenvalue weighted by atomic mass is 10.2. The Balaban J connectivity index is 1.33. The van der Waals surface area contributed by atoms with Crippen molar-refractivity contribution in [2.24, 2.45) is 0 Å². The summed E-state index contributed by atoms with van der Waals surface area (Å²) in [6.07, 6.45) is 3.19. The van der Waals surface area contributed by atoms with Crippen LogP contribution in [0.5, 0.6) is 5.75 Å². The predicted octanol–water partition coefficient (Wildman–Crippen LogP) is 2.84. The fourth-order valence-electron chi connectivity index (χ4n) is 3.38. The van der Waals surface area contributed by atoms with Gasteiger partial charge < -0.3 is 19.0 Å². The quantitative estimate of drug-likeness (QED) is 0.520. The molecule has 3 heterocycles. The van der Waals surface area contributed by atoms with E-state index in [0.29, 0.717) is 28.1 Å². The number of thiocarbonyl (C=S) groups is 1. The molecule has 2 saturated heterocycles. The summed E-state index contributed by atoms with van der Waals surface area (Å²) in [4.78, 5) is 31.3. The molecule has 0 N–H and O–H groups in total. The monoisotopic (exact) mass is 443 g/mol. The number of ether oxygens (including phenoxy) is 1. The molecule has 0 spiro atoms. The number of carbonyl (C=O) groups is 2. The Morgan fingerprint density at radius 3 is 2.57 bits per heavy atom. The first kappa shape index (κ1) is 20.5. The second-order valence-electron chi connectivity index (χ2n) is 6.85. The van der Waals surface area contributed by atoms with Crippen molar-refractivity contribution in [1.29, 1.82) is 0 Å². The first-order chi connectivity index (χ1) is 14.5. The number of amides is 2. The Kier molecular flexibility index (Phi) is 6.10. The standard InChI is InChI=1S/C21H21N3O4S2/c1-27-16-6-4-15(5-7-16)22-8-10-23(11-9-22)19(25)14-24-20(26)18(30-21(24)29)13-17-3-2-12-28-17/h2-7,12-13H,8-11,14H2,1H3/b18-13-. The molecular weight excluding hydrogens is 422 g/mol. The molecule has 2 aliphatic heterocycles. The SMILES string of the molecule is COc1ccc(N2CCN(C(=O)CN3C(=O)/C(=C/c4ccco4)SC3=S)CC2)cc1. The molecule has 2 aromatic rings. The number of piperazine rings is 1. The molecule has 2 fully saturated rings. The summed E-state index contributed by atoms with van der Waals surface area (Å²) in [5, 5.41) is 0. The predicted molar refractivity (Wildman–Crippen MR) is 120 cm³/mol. The van der Waals surface area contributed by atoms with Gasteiger partial charge in [0.25, 0.3) is 5.91 Å². The second-order valence-corrected chi connectivity index (χ2v) is 8.52. The van der Waals surface area contributed by atoms with Gasteiger partial charge in [-0.05, 0) is 36.4 Å². The van der Waals surface area contributed by atoms with E-state index in [1.54, 1.807) is 36.5 Å². The van der Waals surface area contributed by atoms with Gasteiger partial charge in [-0.1, -0.05) is 24.0 Å². The van der Waals surface area contributed by atoms with Crippen molar-refractivity contribution >= 4 is 51.9 Å². The normalized spacial score (nSPS) is 18.4. The minimum absolute atomic E-state index is 0.0390. The van der Waals surface area contributed by atoms with Crippen molar-refractivity contribution < 1.29 is 18.7 Å². The van der Waals surface area contributed by atoms with Crippen LogP contribution in [0.25, 0.3) is 6.08 Å². The Labute approximate surface area is 184 Å². The molecule has 7 nitrogen and oxygen atoms in total. The van der Waals surface area contributed by atoms with Crippen molar-refractivity contribution in [3.63, 3.8) is 0 Å². The van der Waals surface area contributed by atoms with Crippen molar-refractivity contribution in [1.82, 2.24) is 9.80 Å². The van der Waals surface area contributed by atoms with E-state index >= 15 is 0 Å². The third-order valence-electron chi connectivity index (χ3n) is 5.05. The number of anilines is 1. The summed E-state index contributed by atoms with van der Waals surface area (Å²) < 4.78 is 10.8. The number of hydrogen-bond donors (Lipinski definition) is 0. The minimum atomic E-state index is -0.258. The second kappa shape index (κ2) is 8.93. The molecule has 2 amide bonds. The van der Waals surface area contributed by atoms with Crippen LogP contribution in [0.15, 0.2) is 52.0 Å². The van der Waals surface area contributed by atoms with Gasteiger partial charge in [0.05, 0.1) is 18.3 Å². The van der Waals surface area contributed by atoms with Crippen LogP contribution in [0.3, 0.4) is 0 Å². The first-order valence-corrected chi connectivity index (χ1v) is 10.7. The molecule has 30 heavy (non-hydrogen) atoms. The molecule has 0 saturated carbocycles. The van der Waals surface area contributed by atoms with Crippen molar-refractivity contribution in [2.75, 3.05) is 44.7 Å². The van der Waals surface area contributed by atoms with E-state index in [2.05, 4.69) is 4.90 Å². The van der Waals surface area contributed by atoms with Gasteiger partial charge in [-0.3, -0.25) is 14.5 Å². The largest absolute Gasteiger partial charge is 0.497 e. The Morgan fingerprint density at radius 1 is 1.20 bits per heavy atom. The number of carbonyl (C=O) groups excluding carboxylic acids is 2. The summed E-state index contributed by atoms with van der Waals surface area (Å²) in [7, 11) is 1.64. The fourth-order valence-corrected chi connectivity index (χ4v) is 4.62. The molecule has 2 aliphatic rings. The third kappa shape index (κ3) is 4.36. The first-order valence-electron chi connectivity index (χ1n) is 9.51. The lowest BCUT2D eigenvalue weighted by Crippen LogP contribution is -2.51. The zero-order chi connectivity index (χ0) is 21.1. The van der Waals surface area contributed by atoms with Crippen molar-refractivity contribution in [3.8, 4) is 5.75 Å². The van der Waals surface area contributed by atoms with Gasteiger partial charge in [0.2, 0.25) is 5.91 Å². The van der Waals surface area contributed by atoms with Gasteiger partial charge in [0.1, 0.15) is 22.4 Å². The van der Waals surface area contributed by atoms with Gasteiger partial charge in [0, 0.05) is 37.9 Å². The smallest absolute Gasteiger partial charge is 0.266 e. The van der Waals surface area contributed by atoms with Crippen LogP contribution in [0.1, 0.15) is 5.76 Å². The van der Waals surface area contributed by atoms with Crippen molar-refractivity contribution in [2.45, 2.75) is 0 Å². The number of rotatable bonds is 5. The third-order valence-corrected chi connectivity index (χ3v) is 6.43. The van der Waals surface area contributed by atoms with Crippen LogP contribution in [-0.4, -0.2) is 65.8 Å². The van der Waals surface area contributed by atoms with E-state index in [-0.39, 0.29) is 18.4 Å². The number of furan rings is 1. The van der Waals surface area contributed by atoms with Crippen LogP contribution in [0.4, 0.5) is 5.69 Å². The number of thioether (sulfide) groups is 1. The van der Waals surface area contributed by atoms with Gasteiger partial charge >= 0.3 is 0 Å².